The first kappa shape index (κ1) is 15.7. The van der Waals surface area contributed by atoms with Crippen molar-refractivity contribution < 1.29 is 4.79 Å². The summed E-state index contributed by atoms with van der Waals surface area (Å²) in [7, 11) is 0. The summed E-state index contributed by atoms with van der Waals surface area (Å²) in [6, 6.07) is 10.4. The van der Waals surface area contributed by atoms with E-state index in [1.165, 1.54) is 12.0 Å². The van der Waals surface area contributed by atoms with E-state index in [1.807, 2.05) is 23.1 Å². The molecule has 2 heterocycles. The summed E-state index contributed by atoms with van der Waals surface area (Å²) in [6.07, 6.45) is 2.20. The van der Waals surface area contributed by atoms with Crippen molar-refractivity contribution in [3.8, 4) is 0 Å². The number of nitrogens with zero attached hydrogens (tertiary/aromatic N) is 1. The molecule has 0 aromatic heterocycles. The molecule has 0 bridgehead atoms. The van der Waals surface area contributed by atoms with Gasteiger partial charge in [-0.3, -0.25) is 4.79 Å². The molecule has 3 nitrogen and oxygen atoms in total. The Morgan fingerprint density at radius 1 is 1.25 bits per heavy atom. The fraction of sp³-hybridized carbons (Fsp3) is 0.533. The highest BCUT2D eigenvalue weighted by molar-refractivity contribution is 8.00. The van der Waals surface area contributed by atoms with Crippen LogP contribution in [0, 0.1) is 0 Å². The Kier molecular flexibility index (Phi) is 5.35. The number of benzene rings is 1. The highest BCUT2D eigenvalue weighted by Crippen LogP contribution is 2.32. The van der Waals surface area contributed by atoms with Crippen LogP contribution in [0.5, 0.6) is 0 Å². The lowest BCUT2D eigenvalue weighted by molar-refractivity contribution is -0.129. The molecule has 2 N–H and O–H groups in total. The second-order valence-corrected chi connectivity index (χ2v) is 6.74. The first-order valence-electron chi connectivity index (χ1n) is 6.96. The van der Waals surface area contributed by atoms with Crippen molar-refractivity contribution in [2.24, 2.45) is 5.73 Å². The van der Waals surface area contributed by atoms with E-state index in [-0.39, 0.29) is 29.6 Å². The van der Waals surface area contributed by atoms with Crippen molar-refractivity contribution in [3.63, 3.8) is 0 Å². The molecule has 1 unspecified atom stereocenters. The minimum absolute atomic E-state index is 0. The van der Waals surface area contributed by atoms with Gasteiger partial charge < -0.3 is 10.6 Å². The zero-order valence-electron chi connectivity index (χ0n) is 11.4. The Morgan fingerprint density at radius 2 is 2.00 bits per heavy atom. The maximum atomic E-state index is 12.4. The van der Waals surface area contributed by atoms with Gasteiger partial charge >= 0.3 is 0 Å². The second-order valence-electron chi connectivity index (χ2n) is 5.43. The summed E-state index contributed by atoms with van der Waals surface area (Å²) in [5.74, 6) is 1.71. The highest BCUT2D eigenvalue weighted by atomic mass is 35.5. The third-order valence-electron chi connectivity index (χ3n) is 4.11. The molecule has 0 spiro atoms. The molecule has 0 aliphatic carbocycles. The van der Waals surface area contributed by atoms with E-state index in [4.69, 9.17) is 5.73 Å². The predicted molar refractivity (Wildman–Crippen MR) is 86.5 cm³/mol. The SMILES string of the molecule is Cl.N[C@@H]1CN(C(=O)C2CCCS2)C[C@H]1c1ccccc1. The standard InChI is InChI=1S/C15H20N2OS.ClH/c16-13-10-17(15(18)14-7-4-8-19-14)9-12(13)11-5-2-1-3-6-11;/h1-3,5-6,12-14H,4,7-10,16H2;1H/t12-,13+,14?;/m0./s1. The zero-order chi connectivity index (χ0) is 13.2. The molecule has 1 amide bonds. The molecule has 110 valence electrons. The topological polar surface area (TPSA) is 46.3 Å². The van der Waals surface area contributed by atoms with Crippen LogP contribution in [-0.2, 0) is 4.79 Å². The number of carbonyl (C=O) groups excluding carboxylic acids is 1. The number of rotatable bonds is 2. The quantitative estimate of drug-likeness (QED) is 0.911. The van der Waals surface area contributed by atoms with E-state index in [2.05, 4.69) is 12.1 Å². The van der Waals surface area contributed by atoms with Gasteiger partial charge in [-0.05, 0) is 24.2 Å². The summed E-state index contributed by atoms with van der Waals surface area (Å²) in [4.78, 5) is 14.4. The summed E-state index contributed by atoms with van der Waals surface area (Å²) >= 11 is 1.80. The molecule has 0 saturated carbocycles. The van der Waals surface area contributed by atoms with E-state index >= 15 is 0 Å². The van der Waals surface area contributed by atoms with Crippen LogP contribution >= 0.6 is 24.2 Å². The van der Waals surface area contributed by atoms with Crippen molar-refractivity contribution in [2.75, 3.05) is 18.8 Å². The van der Waals surface area contributed by atoms with Crippen LogP contribution in [-0.4, -0.2) is 40.9 Å². The van der Waals surface area contributed by atoms with Crippen molar-refractivity contribution in [1.29, 1.82) is 0 Å². The number of likely N-dealkylation sites (tertiary alicyclic amines) is 1. The molecule has 20 heavy (non-hydrogen) atoms. The van der Waals surface area contributed by atoms with Gasteiger partial charge in [0.25, 0.3) is 0 Å². The molecule has 3 rings (SSSR count). The minimum atomic E-state index is 0. The lowest BCUT2D eigenvalue weighted by Gasteiger charge is -2.19. The third-order valence-corrected chi connectivity index (χ3v) is 5.47. The zero-order valence-corrected chi connectivity index (χ0v) is 13.0. The lowest BCUT2D eigenvalue weighted by Crippen LogP contribution is -2.36. The number of nitrogens with two attached hydrogens (primary N) is 1. The van der Waals surface area contributed by atoms with Crippen LogP contribution in [0.15, 0.2) is 30.3 Å². The van der Waals surface area contributed by atoms with Gasteiger partial charge in [-0.1, -0.05) is 30.3 Å². The van der Waals surface area contributed by atoms with Crippen LogP contribution in [0.3, 0.4) is 0 Å². The molecular formula is C15H21ClN2OS. The van der Waals surface area contributed by atoms with Gasteiger partial charge in [-0.15, -0.1) is 24.2 Å². The van der Waals surface area contributed by atoms with Gasteiger partial charge in [0.15, 0.2) is 0 Å². The second kappa shape index (κ2) is 6.83. The van der Waals surface area contributed by atoms with Gasteiger partial charge in [0.2, 0.25) is 5.91 Å². The highest BCUT2D eigenvalue weighted by Gasteiger charge is 2.37. The molecule has 1 aromatic rings. The molecule has 2 saturated heterocycles. The largest absolute Gasteiger partial charge is 0.339 e. The van der Waals surface area contributed by atoms with Crippen LogP contribution in [0.2, 0.25) is 0 Å². The summed E-state index contributed by atoms with van der Waals surface area (Å²) in [5.41, 5.74) is 7.49. The summed E-state index contributed by atoms with van der Waals surface area (Å²) < 4.78 is 0. The van der Waals surface area contributed by atoms with Gasteiger partial charge in [-0.25, -0.2) is 0 Å². The Bertz CT molecular complexity index is 450. The lowest BCUT2D eigenvalue weighted by atomic mass is 9.95. The van der Waals surface area contributed by atoms with Gasteiger partial charge in [0, 0.05) is 25.0 Å². The predicted octanol–water partition coefficient (Wildman–Crippen LogP) is 2.26. The van der Waals surface area contributed by atoms with E-state index in [0.29, 0.717) is 12.5 Å². The van der Waals surface area contributed by atoms with Crippen molar-refractivity contribution >= 4 is 30.1 Å². The third kappa shape index (κ3) is 3.13. The number of hydrogen-bond acceptors (Lipinski definition) is 3. The Labute approximate surface area is 130 Å². The number of amides is 1. The maximum Gasteiger partial charge on any atom is 0.235 e. The smallest absolute Gasteiger partial charge is 0.235 e. The van der Waals surface area contributed by atoms with Crippen LogP contribution < -0.4 is 5.73 Å². The monoisotopic (exact) mass is 312 g/mol. The average Bonchev–Trinajstić information content (AvgIpc) is 3.08. The van der Waals surface area contributed by atoms with Crippen molar-refractivity contribution in [3.05, 3.63) is 35.9 Å². The van der Waals surface area contributed by atoms with E-state index in [9.17, 15) is 4.79 Å². The Balaban J connectivity index is 0.00000147. The minimum Gasteiger partial charge on any atom is -0.339 e. The average molecular weight is 313 g/mol. The van der Waals surface area contributed by atoms with Crippen LogP contribution in [0.4, 0.5) is 0 Å². The molecule has 3 atom stereocenters. The molecule has 0 radical (unpaired) electrons. The summed E-state index contributed by atoms with van der Waals surface area (Å²) in [5, 5.41) is 0.182. The fourth-order valence-electron chi connectivity index (χ4n) is 3.04. The summed E-state index contributed by atoms with van der Waals surface area (Å²) in [6.45, 7) is 1.48. The first-order valence-corrected chi connectivity index (χ1v) is 8.01. The van der Waals surface area contributed by atoms with E-state index < -0.39 is 0 Å². The van der Waals surface area contributed by atoms with Crippen LogP contribution in [0.25, 0.3) is 0 Å². The Hall–Kier alpha value is -0.710. The molecule has 2 aliphatic heterocycles. The molecule has 2 fully saturated rings. The normalized spacial score (nSPS) is 29.2. The number of carbonyl (C=O) groups is 1. The van der Waals surface area contributed by atoms with Gasteiger partial charge in [0.1, 0.15) is 0 Å². The Morgan fingerprint density at radius 3 is 2.65 bits per heavy atom. The van der Waals surface area contributed by atoms with E-state index in [1.54, 1.807) is 11.8 Å². The van der Waals surface area contributed by atoms with Crippen molar-refractivity contribution in [1.82, 2.24) is 4.90 Å². The first-order chi connectivity index (χ1) is 9.25. The van der Waals surface area contributed by atoms with E-state index in [0.717, 1.165) is 18.7 Å². The van der Waals surface area contributed by atoms with Crippen molar-refractivity contribution in [2.45, 2.75) is 30.1 Å². The number of halogens is 1. The molecule has 5 heteroatoms. The van der Waals surface area contributed by atoms with Gasteiger partial charge in [-0.2, -0.15) is 0 Å². The van der Waals surface area contributed by atoms with Gasteiger partial charge in [0.05, 0.1) is 5.25 Å². The molecule has 2 aliphatic rings. The molecular weight excluding hydrogens is 292 g/mol. The number of thioether (sulfide) groups is 1. The molecule has 1 aromatic carbocycles. The maximum absolute atomic E-state index is 12.4. The number of hydrogen-bond donors (Lipinski definition) is 1. The fourth-order valence-corrected chi connectivity index (χ4v) is 4.28. The van der Waals surface area contributed by atoms with Crippen LogP contribution in [0.1, 0.15) is 24.3 Å².